The number of hydrogen-bond donors (Lipinski definition) is 1. The predicted molar refractivity (Wildman–Crippen MR) is 73.0 cm³/mol. The van der Waals surface area contributed by atoms with E-state index in [1.807, 2.05) is 12.1 Å². The van der Waals surface area contributed by atoms with E-state index in [9.17, 15) is 0 Å². The van der Waals surface area contributed by atoms with E-state index in [4.69, 9.17) is 4.74 Å². The molecule has 17 heavy (non-hydrogen) atoms. The number of nitrogens with one attached hydrogen (secondary N) is 1. The lowest BCUT2D eigenvalue weighted by Gasteiger charge is -2.20. The van der Waals surface area contributed by atoms with Crippen LogP contribution in [0.5, 0.6) is 5.75 Å². The summed E-state index contributed by atoms with van der Waals surface area (Å²) in [6.45, 7) is 5.52. The first-order chi connectivity index (χ1) is 7.90. The van der Waals surface area contributed by atoms with Gasteiger partial charge in [0.25, 0.3) is 0 Å². The molecule has 0 aromatic heterocycles. The monoisotopic (exact) mass is 256 g/mol. The van der Waals surface area contributed by atoms with Gasteiger partial charge in [0.1, 0.15) is 5.75 Å². The lowest BCUT2D eigenvalue weighted by atomic mass is 10.2. The summed E-state index contributed by atoms with van der Waals surface area (Å²) in [7, 11) is 1.74. The molecular weight excluding hydrogens is 236 g/mol. The first-order valence-corrected chi connectivity index (χ1v) is 5.95. The maximum atomic E-state index is 5.38. The molecule has 0 atom stereocenters. The van der Waals surface area contributed by atoms with Crippen LogP contribution in [0.2, 0.25) is 0 Å². The fourth-order valence-corrected chi connectivity index (χ4v) is 2.13. The van der Waals surface area contributed by atoms with E-state index in [1.165, 1.54) is 18.5 Å². The standard InChI is InChI=1S/C13H20N2O.ClH/c1-16-13-6-3-2-5-12(13)11-15-9-4-7-14-8-10-15;/h2-3,5-6,14H,4,7-11H2,1H3;1H. The zero-order valence-corrected chi connectivity index (χ0v) is 11.1. The molecule has 4 heteroatoms. The van der Waals surface area contributed by atoms with E-state index in [1.54, 1.807) is 7.11 Å². The molecule has 1 saturated heterocycles. The molecule has 1 aromatic carbocycles. The van der Waals surface area contributed by atoms with Gasteiger partial charge in [-0.1, -0.05) is 18.2 Å². The Bertz CT molecular complexity index is 325. The number of nitrogens with zero attached hydrogens (tertiary/aromatic N) is 1. The van der Waals surface area contributed by atoms with Crippen LogP contribution in [0.1, 0.15) is 12.0 Å². The number of halogens is 1. The molecule has 96 valence electrons. The second-order valence-corrected chi connectivity index (χ2v) is 4.19. The van der Waals surface area contributed by atoms with E-state index >= 15 is 0 Å². The van der Waals surface area contributed by atoms with Crippen LogP contribution >= 0.6 is 12.4 Å². The van der Waals surface area contributed by atoms with Crippen molar-refractivity contribution in [2.45, 2.75) is 13.0 Å². The normalized spacial score (nSPS) is 17.0. The number of ether oxygens (including phenoxy) is 1. The maximum absolute atomic E-state index is 5.38. The molecule has 1 N–H and O–H groups in total. The molecule has 0 radical (unpaired) electrons. The summed E-state index contributed by atoms with van der Waals surface area (Å²) in [4.78, 5) is 2.48. The van der Waals surface area contributed by atoms with Crippen LogP contribution in [0.4, 0.5) is 0 Å². The minimum Gasteiger partial charge on any atom is -0.496 e. The van der Waals surface area contributed by atoms with E-state index in [0.717, 1.165) is 31.9 Å². The summed E-state index contributed by atoms with van der Waals surface area (Å²) < 4.78 is 5.38. The van der Waals surface area contributed by atoms with Crippen molar-refractivity contribution in [3.05, 3.63) is 29.8 Å². The number of rotatable bonds is 3. The van der Waals surface area contributed by atoms with Crippen molar-refractivity contribution in [3.63, 3.8) is 0 Å². The van der Waals surface area contributed by atoms with E-state index in [0.29, 0.717) is 0 Å². The van der Waals surface area contributed by atoms with Gasteiger partial charge in [-0.15, -0.1) is 12.4 Å². The van der Waals surface area contributed by atoms with Crippen molar-refractivity contribution in [3.8, 4) is 5.75 Å². The van der Waals surface area contributed by atoms with E-state index in [2.05, 4.69) is 22.3 Å². The second-order valence-electron chi connectivity index (χ2n) is 4.19. The lowest BCUT2D eigenvalue weighted by Crippen LogP contribution is -2.27. The molecule has 1 aliphatic rings. The number of para-hydroxylation sites is 1. The zero-order chi connectivity index (χ0) is 11.2. The van der Waals surface area contributed by atoms with Gasteiger partial charge in [0.2, 0.25) is 0 Å². The van der Waals surface area contributed by atoms with Gasteiger partial charge in [0, 0.05) is 25.2 Å². The van der Waals surface area contributed by atoms with Gasteiger partial charge < -0.3 is 10.1 Å². The third kappa shape index (κ3) is 4.19. The van der Waals surface area contributed by atoms with Gasteiger partial charge >= 0.3 is 0 Å². The topological polar surface area (TPSA) is 24.5 Å². The number of hydrogen-bond acceptors (Lipinski definition) is 3. The molecule has 1 heterocycles. The predicted octanol–water partition coefficient (Wildman–Crippen LogP) is 1.91. The quantitative estimate of drug-likeness (QED) is 0.894. The van der Waals surface area contributed by atoms with Gasteiger partial charge in [0.15, 0.2) is 0 Å². The van der Waals surface area contributed by atoms with E-state index in [-0.39, 0.29) is 12.4 Å². The van der Waals surface area contributed by atoms with Crippen LogP contribution in [0.3, 0.4) is 0 Å². The summed E-state index contributed by atoms with van der Waals surface area (Å²) in [6.07, 6.45) is 1.23. The molecule has 0 bridgehead atoms. The van der Waals surface area contributed by atoms with Crippen molar-refractivity contribution in [1.29, 1.82) is 0 Å². The Morgan fingerprint density at radius 2 is 2.06 bits per heavy atom. The number of benzene rings is 1. The summed E-state index contributed by atoms with van der Waals surface area (Å²) in [5, 5.41) is 3.42. The Morgan fingerprint density at radius 3 is 2.88 bits per heavy atom. The Hall–Kier alpha value is -0.770. The fourth-order valence-electron chi connectivity index (χ4n) is 2.13. The third-order valence-corrected chi connectivity index (χ3v) is 3.02. The average molecular weight is 257 g/mol. The Labute approximate surface area is 110 Å². The highest BCUT2D eigenvalue weighted by Crippen LogP contribution is 2.19. The molecule has 0 aliphatic carbocycles. The van der Waals surface area contributed by atoms with Crippen LogP contribution in [-0.2, 0) is 6.54 Å². The zero-order valence-electron chi connectivity index (χ0n) is 10.3. The van der Waals surface area contributed by atoms with Crippen LogP contribution in [0, 0.1) is 0 Å². The van der Waals surface area contributed by atoms with Crippen LogP contribution in [0.25, 0.3) is 0 Å². The highest BCUT2D eigenvalue weighted by molar-refractivity contribution is 5.85. The van der Waals surface area contributed by atoms with Crippen LogP contribution < -0.4 is 10.1 Å². The fraction of sp³-hybridized carbons (Fsp3) is 0.538. The molecule has 3 nitrogen and oxygen atoms in total. The lowest BCUT2D eigenvalue weighted by molar-refractivity contribution is 0.278. The molecule has 1 fully saturated rings. The summed E-state index contributed by atoms with van der Waals surface area (Å²) in [5.74, 6) is 1.000. The maximum Gasteiger partial charge on any atom is 0.123 e. The van der Waals surface area contributed by atoms with Crippen molar-refractivity contribution < 1.29 is 4.74 Å². The highest BCUT2D eigenvalue weighted by atomic mass is 35.5. The molecule has 2 rings (SSSR count). The average Bonchev–Trinajstić information content (AvgIpc) is 2.58. The van der Waals surface area contributed by atoms with Crippen molar-refractivity contribution in [1.82, 2.24) is 10.2 Å². The SMILES string of the molecule is COc1ccccc1CN1CCCNCC1.Cl. The largest absolute Gasteiger partial charge is 0.496 e. The minimum absolute atomic E-state index is 0. The molecule has 0 amide bonds. The third-order valence-electron chi connectivity index (χ3n) is 3.02. The van der Waals surface area contributed by atoms with Crippen molar-refractivity contribution in [2.24, 2.45) is 0 Å². The number of methoxy groups -OCH3 is 1. The molecule has 0 spiro atoms. The van der Waals surface area contributed by atoms with E-state index < -0.39 is 0 Å². The first kappa shape index (κ1) is 14.3. The Morgan fingerprint density at radius 1 is 1.24 bits per heavy atom. The highest BCUT2D eigenvalue weighted by Gasteiger charge is 2.11. The van der Waals surface area contributed by atoms with Gasteiger partial charge in [-0.25, -0.2) is 0 Å². The van der Waals surface area contributed by atoms with Crippen LogP contribution in [0.15, 0.2) is 24.3 Å². The molecule has 0 unspecified atom stereocenters. The Kier molecular flexibility index (Phi) is 6.34. The second kappa shape index (κ2) is 7.54. The van der Waals surface area contributed by atoms with Gasteiger partial charge in [-0.2, -0.15) is 0 Å². The van der Waals surface area contributed by atoms with Gasteiger partial charge in [-0.3, -0.25) is 4.90 Å². The summed E-state index contributed by atoms with van der Waals surface area (Å²) in [6, 6.07) is 8.28. The van der Waals surface area contributed by atoms with Gasteiger partial charge in [0.05, 0.1) is 7.11 Å². The summed E-state index contributed by atoms with van der Waals surface area (Å²) in [5.41, 5.74) is 1.28. The smallest absolute Gasteiger partial charge is 0.123 e. The minimum atomic E-state index is 0. The first-order valence-electron chi connectivity index (χ1n) is 5.95. The summed E-state index contributed by atoms with van der Waals surface area (Å²) >= 11 is 0. The molecule has 1 aliphatic heterocycles. The molecule has 0 saturated carbocycles. The molecular formula is C13H21ClN2O. The van der Waals surface area contributed by atoms with Crippen molar-refractivity contribution in [2.75, 3.05) is 33.3 Å². The van der Waals surface area contributed by atoms with Crippen molar-refractivity contribution >= 4 is 12.4 Å². The van der Waals surface area contributed by atoms with Gasteiger partial charge in [-0.05, 0) is 25.6 Å². The Balaban J connectivity index is 0.00000144. The molecule has 1 aromatic rings. The van der Waals surface area contributed by atoms with Crippen LogP contribution in [-0.4, -0.2) is 38.2 Å².